The van der Waals surface area contributed by atoms with E-state index in [-0.39, 0.29) is 33.2 Å². The van der Waals surface area contributed by atoms with Gasteiger partial charge in [0.05, 0.1) is 11.5 Å². The highest BCUT2D eigenvalue weighted by atomic mass is 16.4. The average molecular weight is 455 g/mol. The minimum Gasteiger partial charge on any atom is -0.481 e. The first-order chi connectivity index (χ1) is 15.1. The molecule has 0 saturated heterocycles. The molecule has 5 aliphatic rings. The van der Waals surface area contributed by atoms with Crippen molar-refractivity contribution in [3.8, 4) is 0 Å². The summed E-state index contributed by atoms with van der Waals surface area (Å²) in [4.78, 5) is 13.5. The van der Waals surface area contributed by atoms with Gasteiger partial charge in [0.15, 0.2) is 0 Å². The van der Waals surface area contributed by atoms with Crippen molar-refractivity contribution in [2.24, 2.45) is 44.3 Å². The summed E-state index contributed by atoms with van der Waals surface area (Å²) < 4.78 is 0. The third kappa shape index (κ3) is 2.81. The Morgan fingerprint density at radius 2 is 1.61 bits per heavy atom. The molecule has 33 heavy (non-hydrogen) atoms. The van der Waals surface area contributed by atoms with Gasteiger partial charge in [0.1, 0.15) is 0 Å². The Kier molecular flexibility index (Phi) is 4.85. The maximum Gasteiger partial charge on any atom is 0.314 e. The Morgan fingerprint density at radius 1 is 0.939 bits per heavy atom. The Hall–Kier alpha value is -1.09. The molecule has 5 rings (SSSR count). The Balaban J connectivity index is 1.67. The Morgan fingerprint density at radius 3 is 2.27 bits per heavy atom. The van der Waals surface area contributed by atoms with Gasteiger partial charge >= 0.3 is 5.97 Å². The molecular formula is C30H46O3. The molecule has 0 aromatic heterocycles. The highest BCUT2D eigenvalue weighted by molar-refractivity contribution is 5.81. The second-order valence-electron chi connectivity index (χ2n) is 14.7. The number of hydrogen-bond acceptors (Lipinski definition) is 2. The summed E-state index contributed by atoms with van der Waals surface area (Å²) in [6.07, 6.45) is 13.4. The van der Waals surface area contributed by atoms with Gasteiger partial charge < -0.3 is 10.2 Å². The highest BCUT2D eigenvalue weighted by Gasteiger charge is 2.70. The number of allylic oxidation sites excluding steroid dienone is 2. The number of aliphatic carboxylic acids is 1. The second kappa shape index (κ2) is 6.77. The van der Waals surface area contributed by atoms with Crippen LogP contribution in [0.15, 0.2) is 23.3 Å². The molecule has 0 aromatic carbocycles. The fraction of sp³-hybridized carbons (Fsp3) is 0.833. The van der Waals surface area contributed by atoms with Gasteiger partial charge in [-0.05, 0) is 91.3 Å². The molecule has 2 unspecified atom stereocenters. The van der Waals surface area contributed by atoms with Crippen molar-refractivity contribution in [3.63, 3.8) is 0 Å². The summed E-state index contributed by atoms with van der Waals surface area (Å²) in [6.45, 7) is 16.3. The normalized spacial score (nSPS) is 50.0. The minimum absolute atomic E-state index is 0.0488. The number of carboxylic acids is 1. The lowest BCUT2D eigenvalue weighted by Crippen LogP contribution is -2.64. The highest BCUT2D eigenvalue weighted by Crippen LogP contribution is 2.74. The molecule has 0 bridgehead atoms. The van der Waals surface area contributed by atoms with Gasteiger partial charge in [0, 0.05) is 5.41 Å². The van der Waals surface area contributed by atoms with Crippen molar-refractivity contribution in [1.82, 2.24) is 0 Å². The quantitative estimate of drug-likeness (QED) is 0.413. The number of carboxylic acid groups (broad SMARTS) is 1. The zero-order valence-electron chi connectivity index (χ0n) is 22.1. The molecule has 0 heterocycles. The summed E-state index contributed by atoms with van der Waals surface area (Å²) in [5.74, 6) is 0.103. The fourth-order valence-electron chi connectivity index (χ4n) is 9.91. The standard InChI is InChI=1S/C30H46O3/c1-25(2)14-15-27(5)16-17-30(24(32)33)19(20(27)18-25)8-9-22-28(6)12-11-23(31)26(3,4)21(28)10-13-29(22,30)7/h8,10,20,22-23,31H,9,11-18H2,1-7H3,(H,32,33)/t20?,22?,23-,27+,28-,29+,30+/m0/s1. The molecule has 3 fully saturated rings. The van der Waals surface area contributed by atoms with E-state index in [1.807, 2.05) is 0 Å². The van der Waals surface area contributed by atoms with E-state index in [0.29, 0.717) is 11.8 Å². The molecule has 2 N–H and O–H groups in total. The fourth-order valence-corrected chi connectivity index (χ4v) is 9.91. The summed E-state index contributed by atoms with van der Waals surface area (Å²) in [5.41, 5.74) is 1.83. The van der Waals surface area contributed by atoms with E-state index >= 15 is 0 Å². The van der Waals surface area contributed by atoms with Crippen molar-refractivity contribution >= 4 is 5.97 Å². The largest absolute Gasteiger partial charge is 0.481 e. The van der Waals surface area contributed by atoms with Crippen LogP contribution in [-0.2, 0) is 4.79 Å². The monoisotopic (exact) mass is 454 g/mol. The lowest BCUT2D eigenvalue weighted by molar-refractivity contribution is -0.175. The van der Waals surface area contributed by atoms with Gasteiger partial charge in [-0.1, -0.05) is 71.8 Å². The second-order valence-corrected chi connectivity index (χ2v) is 14.7. The minimum atomic E-state index is -0.765. The van der Waals surface area contributed by atoms with Crippen LogP contribution in [0.1, 0.15) is 106 Å². The van der Waals surface area contributed by atoms with Gasteiger partial charge in [-0.2, -0.15) is 0 Å². The van der Waals surface area contributed by atoms with Gasteiger partial charge in [-0.3, -0.25) is 4.79 Å². The van der Waals surface area contributed by atoms with Crippen LogP contribution < -0.4 is 0 Å². The van der Waals surface area contributed by atoms with E-state index < -0.39 is 11.4 Å². The van der Waals surface area contributed by atoms with Crippen molar-refractivity contribution in [2.75, 3.05) is 0 Å². The van der Waals surface area contributed by atoms with Crippen LogP contribution in [0, 0.1) is 44.3 Å². The zero-order chi connectivity index (χ0) is 24.2. The number of aliphatic hydroxyl groups excluding tert-OH is 1. The smallest absolute Gasteiger partial charge is 0.314 e. The van der Waals surface area contributed by atoms with E-state index in [0.717, 1.165) is 44.9 Å². The maximum absolute atomic E-state index is 13.5. The number of carbonyl (C=O) groups is 1. The predicted octanol–water partition coefficient (Wildman–Crippen LogP) is 7.15. The first kappa shape index (κ1) is 23.6. The summed E-state index contributed by atoms with van der Waals surface area (Å²) in [5, 5.41) is 21.9. The van der Waals surface area contributed by atoms with Crippen molar-refractivity contribution in [3.05, 3.63) is 23.3 Å². The van der Waals surface area contributed by atoms with E-state index in [1.54, 1.807) is 0 Å². The molecule has 0 spiro atoms. The third-order valence-electron chi connectivity index (χ3n) is 12.2. The number of rotatable bonds is 1. The van der Waals surface area contributed by atoms with Crippen LogP contribution in [0.2, 0.25) is 0 Å². The van der Waals surface area contributed by atoms with Crippen LogP contribution in [0.4, 0.5) is 0 Å². The van der Waals surface area contributed by atoms with Gasteiger partial charge in [-0.25, -0.2) is 0 Å². The van der Waals surface area contributed by atoms with E-state index in [1.165, 1.54) is 24.0 Å². The molecule has 3 nitrogen and oxygen atoms in total. The van der Waals surface area contributed by atoms with Crippen molar-refractivity contribution < 1.29 is 15.0 Å². The first-order valence-corrected chi connectivity index (χ1v) is 13.5. The van der Waals surface area contributed by atoms with Crippen molar-refractivity contribution in [2.45, 2.75) is 112 Å². The molecule has 5 aliphatic carbocycles. The molecule has 7 atom stereocenters. The zero-order valence-corrected chi connectivity index (χ0v) is 22.1. The van der Waals surface area contributed by atoms with Gasteiger partial charge in [-0.15, -0.1) is 0 Å². The third-order valence-corrected chi connectivity index (χ3v) is 12.2. The van der Waals surface area contributed by atoms with Crippen LogP contribution in [0.25, 0.3) is 0 Å². The lowest BCUT2D eigenvalue weighted by Gasteiger charge is -2.68. The summed E-state index contributed by atoms with van der Waals surface area (Å²) in [7, 11) is 0. The van der Waals surface area contributed by atoms with Crippen LogP contribution >= 0.6 is 0 Å². The van der Waals surface area contributed by atoms with Gasteiger partial charge in [0.2, 0.25) is 0 Å². The molecule has 3 saturated carbocycles. The molecule has 0 aliphatic heterocycles. The maximum atomic E-state index is 13.5. The topological polar surface area (TPSA) is 57.5 Å². The molecule has 0 amide bonds. The van der Waals surface area contributed by atoms with E-state index in [2.05, 4.69) is 60.6 Å². The SMILES string of the molecule is CC1(C)CC[C@]2(C)CC[C@]3(C(=O)O)C(=CCC4[C@@]5(C)CC[C@H](O)C(C)(C)C5=CC[C@]43C)C2C1. The predicted molar refractivity (Wildman–Crippen MR) is 133 cm³/mol. The van der Waals surface area contributed by atoms with Gasteiger partial charge in [0.25, 0.3) is 0 Å². The number of hydrogen-bond donors (Lipinski definition) is 2. The summed E-state index contributed by atoms with van der Waals surface area (Å²) in [6, 6.07) is 0. The summed E-state index contributed by atoms with van der Waals surface area (Å²) >= 11 is 0. The van der Waals surface area contributed by atoms with Crippen LogP contribution in [0.5, 0.6) is 0 Å². The average Bonchev–Trinajstić information content (AvgIpc) is 2.71. The molecule has 0 aromatic rings. The van der Waals surface area contributed by atoms with E-state index in [9.17, 15) is 15.0 Å². The Labute approximate surface area is 201 Å². The Bertz CT molecular complexity index is 940. The first-order valence-electron chi connectivity index (χ1n) is 13.5. The van der Waals surface area contributed by atoms with Crippen LogP contribution in [0.3, 0.4) is 0 Å². The molecular weight excluding hydrogens is 408 g/mol. The molecule has 0 radical (unpaired) electrons. The lowest BCUT2D eigenvalue weighted by atomic mass is 9.35. The number of aliphatic hydroxyl groups is 1. The molecule has 3 heteroatoms. The molecule has 184 valence electrons. The van der Waals surface area contributed by atoms with Crippen molar-refractivity contribution in [1.29, 1.82) is 0 Å². The van der Waals surface area contributed by atoms with Crippen LogP contribution in [-0.4, -0.2) is 22.3 Å². The number of fused-ring (bicyclic) bond motifs is 7. The van der Waals surface area contributed by atoms with E-state index in [4.69, 9.17) is 0 Å².